The van der Waals surface area contributed by atoms with Crippen LogP contribution in [0.5, 0.6) is 5.75 Å². The van der Waals surface area contributed by atoms with Crippen LogP contribution in [-0.2, 0) is 19.1 Å². The number of hydrogen-bond donors (Lipinski definition) is 1. The van der Waals surface area contributed by atoms with Crippen LogP contribution < -0.4 is 10.1 Å². The lowest BCUT2D eigenvalue weighted by Crippen LogP contribution is -2.38. The van der Waals surface area contributed by atoms with Crippen molar-refractivity contribution in [2.75, 3.05) is 26.9 Å². The molecule has 0 bridgehead atoms. The van der Waals surface area contributed by atoms with Crippen LogP contribution in [0, 0.1) is 5.41 Å². The molecule has 1 aliphatic heterocycles. The minimum absolute atomic E-state index is 0.0582. The van der Waals surface area contributed by atoms with Crippen LogP contribution in [0.1, 0.15) is 52.0 Å². The van der Waals surface area contributed by atoms with E-state index in [1.807, 2.05) is 32.0 Å². The van der Waals surface area contributed by atoms with Gasteiger partial charge >= 0.3 is 5.97 Å². The van der Waals surface area contributed by atoms with E-state index in [4.69, 9.17) is 14.2 Å². The Morgan fingerprint density at radius 3 is 2.65 bits per heavy atom. The third kappa shape index (κ3) is 5.04. The molecular formula is C24H30BrNO5. The third-order valence-corrected chi connectivity index (χ3v) is 6.25. The zero-order valence-electron chi connectivity index (χ0n) is 18.8. The maximum absolute atomic E-state index is 13.3. The number of dihydropyridines is 1. The maximum atomic E-state index is 13.3. The molecule has 0 saturated heterocycles. The van der Waals surface area contributed by atoms with Crippen molar-refractivity contribution in [3.63, 3.8) is 0 Å². The van der Waals surface area contributed by atoms with Gasteiger partial charge in [-0.05, 0) is 59.3 Å². The van der Waals surface area contributed by atoms with Gasteiger partial charge in [0.05, 0.1) is 23.8 Å². The van der Waals surface area contributed by atoms with Gasteiger partial charge in [-0.1, -0.05) is 19.9 Å². The molecule has 0 saturated carbocycles. The molecule has 1 N–H and O–H groups in total. The Balaban J connectivity index is 2.06. The zero-order valence-corrected chi connectivity index (χ0v) is 20.4. The van der Waals surface area contributed by atoms with E-state index in [0.29, 0.717) is 42.2 Å². The minimum atomic E-state index is -0.498. The zero-order chi connectivity index (χ0) is 22.8. The van der Waals surface area contributed by atoms with Crippen LogP contribution in [0.25, 0.3) is 0 Å². The van der Waals surface area contributed by atoms with E-state index in [1.165, 1.54) is 0 Å². The SMILES string of the molecule is CCOCCOC(=O)C1=C(C)NC2=C(C(=O)CC(C)(C)C2)[C@@H]1c1ccc(OC)c(Br)c1. The molecule has 0 spiro atoms. The van der Waals surface area contributed by atoms with Gasteiger partial charge in [-0.25, -0.2) is 4.79 Å². The maximum Gasteiger partial charge on any atom is 0.336 e. The van der Waals surface area contributed by atoms with Crippen LogP contribution in [-0.4, -0.2) is 38.7 Å². The summed E-state index contributed by atoms with van der Waals surface area (Å²) in [5.74, 6) is -0.195. The number of nitrogens with one attached hydrogen (secondary N) is 1. The first-order chi connectivity index (χ1) is 14.7. The molecule has 3 rings (SSSR count). The second-order valence-corrected chi connectivity index (χ2v) is 9.51. The molecule has 0 amide bonds. The van der Waals surface area contributed by atoms with Crippen LogP contribution in [0.15, 0.2) is 45.2 Å². The summed E-state index contributed by atoms with van der Waals surface area (Å²) in [4.78, 5) is 26.4. The summed E-state index contributed by atoms with van der Waals surface area (Å²) >= 11 is 3.54. The van der Waals surface area contributed by atoms with E-state index in [9.17, 15) is 9.59 Å². The van der Waals surface area contributed by atoms with Crippen LogP contribution in [0.2, 0.25) is 0 Å². The fraction of sp³-hybridized carbons (Fsp3) is 0.500. The van der Waals surface area contributed by atoms with E-state index < -0.39 is 11.9 Å². The molecule has 0 aromatic heterocycles. The van der Waals surface area contributed by atoms with Crippen LogP contribution >= 0.6 is 15.9 Å². The molecular weight excluding hydrogens is 462 g/mol. The molecule has 1 atom stereocenters. The summed E-state index contributed by atoms with van der Waals surface area (Å²) in [7, 11) is 1.60. The third-order valence-electron chi connectivity index (χ3n) is 5.63. The summed E-state index contributed by atoms with van der Waals surface area (Å²) in [6, 6.07) is 5.65. The Morgan fingerprint density at radius 1 is 1.26 bits per heavy atom. The van der Waals surface area contributed by atoms with E-state index in [0.717, 1.165) is 22.2 Å². The Labute approximate surface area is 192 Å². The van der Waals surface area contributed by atoms with Gasteiger partial charge < -0.3 is 19.5 Å². The first kappa shape index (κ1) is 23.5. The summed E-state index contributed by atoms with van der Waals surface area (Å²) in [6.07, 6.45) is 1.18. The molecule has 6 nitrogen and oxygen atoms in total. The highest BCUT2D eigenvalue weighted by Crippen LogP contribution is 2.47. The van der Waals surface area contributed by atoms with Crippen LogP contribution in [0.3, 0.4) is 0 Å². The molecule has 0 radical (unpaired) electrons. The molecule has 0 unspecified atom stereocenters. The smallest absolute Gasteiger partial charge is 0.336 e. The largest absolute Gasteiger partial charge is 0.496 e. The average Bonchev–Trinajstić information content (AvgIpc) is 2.69. The van der Waals surface area contributed by atoms with Crippen molar-refractivity contribution >= 4 is 27.7 Å². The van der Waals surface area contributed by atoms with Gasteiger partial charge in [-0.3, -0.25) is 4.79 Å². The first-order valence-corrected chi connectivity index (χ1v) is 11.3. The number of Topliss-reactive ketones (excluding diaryl/α,β-unsaturated/α-hetero) is 1. The van der Waals surface area contributed by atoms with Crippen molar-refractivity contribution in [1.29, 1.82) is 0 Å². The number of carbonyl (C=O) groups excluding carboxylic acids is 2. The number of rotatable bonds is 7. The number of hydrogen-bond acceptors (Lipinski definition) is 6. The molecule has 1 aliphatic carbocycles. The monoisotopic (exact) mass is 491 g/mol. The summed E-state index contributed by atoms with van der Waals surface area (Å²) in [5, 5.41) is 3.34. The van der Waals surface area contributed by atoms with Gasteiger partial charge in [-0.15, -0.1) is 0 Å². The number of carbonyl (C=O) groups is 2. The standard InChI is InChI=1S/C24H30BrNO5/c1-6-30-9-10-31-23(28)20-14(2)26-17-12-24(3,4)13-18(27)22(17)21(20)15-7-8-19(29-5)16(25)11-15/h7-8,11,21,26H,6,9-10,12-13H2,1-5H3/t21-/m1/s1. The number of allylic oxidation sites excluding steroid dienone is 3. The Kier molecular flexibility index (Phi) is 7.27. The summed E-state index contributed by atoms with van der Waals surface area (Å²) < 4.78 is 16.9. The minimum Gasteiger partial charge on any atom is -0.496 e. The number of ether oxygens (including phenoxy) is 3. The lowest BCUT2D eigenvalue weighted by molar-refractivity contribution is -0.140. The second-order valence-electron chi connectivity index (χ2n) is 8.66. The van der Waals surface area contributed by atoms with Gasteiger partial charge in [0.25, 0.3) is 0 Å². The molecule has 168 valence electrons. The topological polar surface area (TPSA) is 73.9 Å². The summed E-state index contributed by atoms with van der Waals surface area (Å²) in [6.45, 7) is 8.99. The Bertz CT molecular complexity index is 947. The number of halogens is 1. The van der Waals surface area contributed by atoms with Crippen molar-refractivity contribution in [2.45, 2.75) is 46.5 Å². The van der Waals surface area contributed by atoms with Crippen molar-refractivity contribution in [1.82, 2.24) is 5.32 Å². The van der Waals surface area contributed by atoms with Gasteiger partial charge in [0, 0.05) is 35.9 Å². The van der Waals surface area contributed by atoms with E-state index in [2.05, 4.69) is 35.1 Å². The Morgan fingerprint density at radius 2 is 2.00 bits per heavy atom. The first-order valence-electron chi connectivity index (χ1n) is 10.5. The van der Waals surface area contributed by atoms with Crippen molar-refractivity contribution in [2.24, 2.45) is 5.41 Å². The normalized spacial score (nSPS) is 20.3. The second kappa shape index (κ2) is 9.57. The highest BCUT2D eigenvalue weighted by molar-refractivity contribution is 9.10. The number of methoxy groups -OCH3 is 1. The molecule has 0 fully saturated rings. The van der Waals surface area contributed by atoms with Crippen molar-refractivity contribution in [3.05, 3.63) is 50.8 Å². The highest BCUT2D eigenvalue weighted by atomic mass is 79.9. The molecule has 31 heavy (non-hydrogen) atoms. The van der Waals surface area contributed by atoms with Gasteiger partial charge in [0.2, 0.25) is 0 Å². The summed E-state index contributed by atoms with van der Waals surface area (Å²) in [5.41, 5.74) is 3.41. The van der Waals surface area contributed by atoms with E-state index >= 15 is 0 Å². The lowest BCUT2D eigenvalue weighted by atomic mass is 9.68. The predicted octanol–water partition coefficient (Wildman–Crippen LogP) is 4.64. The molecule has 1 heterocycles. The highest BCUT2D eigenvalue weighted by Gasteiger charge is 2.43. The molecule has 1 aromatic rings. The van der Waals surface area contributed by atoms with Crippen molar-refractivity contribution < 1.29 is 23.8 Å². The number of benzene rings is 1. The Hall–Kier alpha value is -2.12. The van der Waals surface area contributed by atoms with E-state index in [1.54, 1.807) is 7.11 Å². The lowest BCUT2D eigenvalue weighted by Gasteiger charge is -2.39. The van der Waals surface area contributed by atoms with E-state index in [-0.39, 0.29) is 17.8 Å². The quantitative estimate of drug-likeness (QED) is 0.442. The van der Waals surface area contributed by atoms with Gasteiger partial charge in [-0.2, -0.15) is 0 Å². The van der Waals surface area contributed by atoms with Crippen LogP contribution in [0.4, 0.5) is 0 Å². The van der Waals surface area contributed by atoms with Gasteiger partial charge in [0.1, 0.15) is 12.4 Å². The van der Waals surface area contributed by atoms with Crippen molar-refractivity contribution in [3.8, 4) is 5.75 Å². The fourth-order valence-corrected chi connectivity index (χ4v) is 4.88. The molecule has 1 aromatic carbocycles. The number of ketones is 1. The number of esters is 1. The molecule has 2 aliphatic rings. The van der Waals surface area contributed by atoms with Gasteiger partial charge in [0.15, 0.2) is 5.78 Å². The predicted molar refractivity (Wildman–Crippen MR) is 122 cm³/mol. The average molecular weight is 492 g/mol. The fourth-order valence-electron chi connectivity index (χ4n) is 4.32. The molecule has 7 heteroatoms.